The zero-order valence-corrected chi connectivity index (χ0v) is 20.4. The molecule has 1 unspecified atom stereocenters. The maximum absolute atomic E-state index is 13.0. The number of aliphatic hydroxyl groups excluding tert-OH is 1. The van der Waals surface area contributed by atoms with E-state index >= 15 is 0 Å². The molecule has 1 amide bonds. The molecule has 1 atom stereocenters. The molecule has 182 valence electrons. The number of unbranched alkanes of at least 4 members (excludes halogenated alkanes) is 3. The van der Waals surface area contributed by atoms with Crippen LogP contribution in [0.15, 0.2) is 54.4 Å². The van der Waals surface area contributed by atoms with Gasteiger partial charge in [-0.2, -0.15) is 0 Å². The van der Waals surface area contributed by atoms with Crippen LogP contribution >= 0.6 is 0 Å². The van der Waals surface area contributed by atoms with E-state index in [0.717, 1.165) is 30.7 Å². The minimum atomic E-state index is -0.666. The van der Waals surface area contributed by atoms with E-state index < -0.39 is 17.7 Å². The number of rotatable bonds is 12. The summed E-state index contributed by atoms with van der Waals surface area (Å²) >= 11 is 0. The Morgan fingerprint density at radius 2 is 1.74 bits per heavy atom. The molecule has 0 radical (unpaired) electrons. The van der Waals surface area contributed by atoms with Crippen LogP contribution in [0.5, 0.6) is 5.75 Å². The molecular weight excluding hydrogens is 430 g/mol. The number of aliphatic hydroxyl groups is 1. The molecule has 7 heteroatoms. The van der Waals surface area contributed by atoms with E-state index in [1.807, 2.05) is 43.3 Å². The molecule has 34 heavy (non-hydrogen) atoms. The maximum Gasteiger partial charge on any atom is 0.295 e. The monoisotopic (exact) mass is 465 g/mol. The van der Waals surface area contributed by atoms with E-state index in [-0.39, 0.29) is 11.3 Å². The first-order valence-corrected chi connectivity index (χ1v) is 12.0. The number of likely N-dealkylation sites (tertiary alicyclic amines) is 1. The third-order valence-electron chi connectivity index (χ3n) is 5.96. The molecule has 1 N–H and O–H groups in total. The third kappa shape index (κ3) is 6.23. The second-order valence-corrected chi connectivity index (χ2v) is 8.86. The number of carbonyl (C=O) groups is 2. The summed E-state index contributed by atoms with van der Waals surface area (Å²) in [6.07, 6.45) is 8.34. The third-order valence-corrected chi connectivity index (χ3v) is 5.96. The molecule has 1 saturated heterocycles. The lowest BCUT2D eigenvalue weighted by Crippen LogP contribution is -2.32. The molecule has 2 aromatic rings. The lowest BCUT2D eigenvalue weighted by Gasteiger charge is -2.26. The van der Waals surface area contributed by atoms with E-state index in [4.69, 9.17) is 4.74 Å². The van der Waals surface area contributed by atoms with Gasteiger partial charge in [0.05, 0.1) is 18.2 Å². The van der Waals surface area contributed by atoms with Gasteiger partial charge in [0.25, 0.3) is 11.7 Å². The normalized spacial score (nSPS) is 17.5. The van der Waals surface area contributed by atoms with Gasteiger partial charge in [-0.05, 0) is 63.3 Å². The second kappa shape index (κ2) is 12.3. The number of benzene rings is 1. The van der Waals surface area contributed by atoms with Crippen molar-refractivity contribution in [2.24, 2.45) is 0 Å². The molecule has 1 aliphatic rings. The molecule has 0 spiro atoms. The second-order valence-electron chi connectivity index (χ2n) is 8.86. The molecule has 1 aromatic heterocycles. The molecule has 3 rings (SSSR count). The number of aromatic nitrogens is 1. The van der Waals surface area contributed by atoms with Crippen LogP contribution in [-0.2, 0) is 9.59 Å². The van der Waals surface area contributed by atoms with Gasteiger partial charge in [0, 0.05) is 24.5 Å². The van der Waals surface area contributed by atoms with E-state index in [1.165, 1.54) is 12.8 Å². The fourth-order valence-electron chi connectivity index (χ4n) is 4.14. The fourth-order valence-corrected chi connectivity index (χ4v) is 4.14. The van der Waals surface area contributed by atoms with Gasteiger partial charge >= 0.3 is 0 Å². The van der Waals surface area contributed by atoms with Gasteiger partial charge in [-0.1, -0.05) is 38.3 Å². The lowest BCUT2D eigenvalue weighted by molar-refractivity contribution is -0.139. The number of nitrogens with zero attached hydrogens (tertiary/aromatic N) is 3. The Balaban J connectivity index is 1.89. The van der Waals surface area contributed by atoms with Crippen molar-refractivity contribution in [3.05, 3.63) is 65.5 Å². The van der Waals surface area contributed by atoms with Crippen LogP contribution in [-0.4, -0.2) is 65.4 Å². The Morgan fingerprint density at radius 3 is 2.38 bits per heavy atom. The van der Waals surface area contributed by atoms with Gasteiger partial charge in [-0.25, -0.2) is 0 Å². The molecule has 0 aliphatic carbocycles. The minimum absolute atomic E-state index is 0.106. The average Bonchev–Trinajstić information content (AvgIpc) is 3.09. The molecular formula is C27H35N3O4. The number of ether oxygens (including phenoxy) is 1. The summed E-state index contributed by atoms with van der Waals surface area (Å²) in [5.74, 6) is -0.688. The summed E-state index contributed by atoms with van der Waals surface area (Å²) < 4.78 is 5.85. The van der Waals surface area contributed by atoms with Crippen molar-refractivity contribution in [1.29, 1.82) is 0 Å². The molecule has 1 aliphatic heterocycles. The number of Topliss-reactive ketones (excluding diaryl/α,β-unsaturated/α-hetero) is 1. The van der Waals surface area contributed by atoms with Gasteiger partial charge in [0.15, 0.2) is 0 Å². The Bertz CT molecular complexity index is 987. The van der Waals surface area contributed by atoms with Gasteiger partial charge in [0.1, 0.15) is 11.5 Å². The van der Waals surface area contributed by atoms with Crippen LogP contribution in [0, 0.1) is 0 Å². The van der Waals surface area contributed by atoms with Crippen LogP contribution in [0.4, 0.5) is 0 Å². The van der Waals surface area contributed by atoms with Gasteiger partial charge < -0.3 is 19.6 Å². The summed E-state index contributed by atoms with van der Waals surface area (Å²) in [6, 6.07) is 10.1. The van der Waals surface area contributed by atoms with E-state index in [2.05, 4.69) is 11.9 Å². The molecule has 1 fully saturated rings. The molecule has 0 bridgehead atoms. The van der Waals surface area contributed by atoms with Gasteiger partial charge in [-0.3, -0.25) is 14.6 Å². The van der Waals surface area contributed by atoms with Crippen molar-refractivity contribution in [2.75, 3.05) is 33.8 Å². The van der Waals surface area contributed by atoms with Crippen LogP contribution in [0.25, 0.3) is 5.76 Å². The van der Waals surface area contributed by atoms with Crippen LogP contribution in [0.3, 0.4) is 0 Å². The zero-order valence-electron chi connectivity index (χ0n) is 20.4. The number of hydrogen-bond donors (Lipinski definition) is 1. The number of ketones is 1. The van der Waals surface area contributed by atoms with Crippen LogP contribution in [0.1, 0.15) is 56.2 Å². The van der Waals surface area contributed by atoms with Crippen molar-refractivity contribution in [1.82, 2.24) is 14.8 Å². The highest BCUT2D eigenvalue weighted by atomic mass is 16.5. The number of hydrogen-bond acceptors (Lipinski definition) is 6. The van der Waals surface area contributed by atoms with Gasteiger partial charge in [0.2, 0.25) is 0 Å². The first-order valence-electron chi connectivity index (χ1n) is 12.0. The highest BCUT2D eigenvalue weighted by molar-refractivity contribution is 6.46. The summed E-state index contributed by atoms with van der Waals surface area (Å²) in [7, 11) is 3.94. The smallest absolute Gasteiger partial charge is 0.295 e. The number of carbonyl (C=O) groups excluding carboxylic acids is 2. The van der Waals surface area contributed by atoms with Crippen molar-refractivity contribution in [3.8, 4) is 5.75 Å². The molecule has 0 saturated carbocycles. The predicted molar refractivity (Wildman–Crippen MR) is 132 cm³/mol. The topological polar surface area (TPSA) is 83.0 Å². The van der Waals surface area contributed by atoms with Crippen LogP contribution < -0.4 is 4.74 Å². The SMILES string of the molecule is CCCCCCOc1ccc(C2/C(=C(\O)c3ccncc3)C(=O)C(=O)N2CCCN(C)C)cc1. The summed E-state index contributed by atoms with van der Waals surface area (Å²) in [5.41, 5.74) is 1.32. The lowest BCUT2D eigenvalue weighted by atomic mass is 9.95. The zero-order chi connectivity index (χ0) is 24.5. The molecule has 1 aromatic carbocycles. The summed E-state index contributed by atoms with van der Waals surface area (Å²) in [6.45, 7) is 4.03. The maximum atomic E-state index is 13.0. The molecule has 2 heterocycles. The summed E-state index contributed by atoms with van der Waals surface area (Å²) in [4.78, 5) is 33.6. The Hall–Kier alpha value is -3.19. The highest BCUT2D eigenvalue weighted by Gasteiger charge is 2.45. The number of pyridine rings is 1. The van der Waals surface area contributed by atoms with E-state index in [0.29, 0.717) is 25.1 Å². The van der Waals surface area contributed by atoms with Crippen LogP contribution in [0.2, 0.25) is 0 Å². The van der Waals surface area contributed by atoms with Crippen molar-refractivity contribution >= 4 is 17.4 Å². The quantitative estimate of drug-likeness (QED) is 0.216. The van der Waals surface area contributed by atoms with Crippen molar-refractivity contribution in [2.45, 2.75) is 45.1 Å². The van der Waals surface area contributed by atoms with E-state index in [9.17, 15) is 14.7 Å². The average molecular weight is 466 g/mol. The first kappa shape index (κ1) is 25.4. The minimum Gasteiger partial charge on any atom is -0.507 e. The summed E-state index contributed by atoms with van der Waals surface area (Å²) in [5, 5.41) is 11.0. The predicted octanol–water partition coefficient (Wildman–Crippen LogP) is 4.41. The van der Waals surface area contributed by atoms with Crippen molar-refractivity contribution in [3.63, 3.8) is 0 Å². The molecule has 7 nitrogen and oxygen atoms in total. The highest BCUT2D eigenvalue weighted by Crippen LogP contribution is 2.39. The Kier molecular flexibility index (Phi) is 9.22. The fraction of sp³-hybridized carbons (Fsp3) is 0.444. The Morgan fingerprint density at radius 1 is 1.03 bits per heavy atom. The largest absolute Gasteiger partial charge is 0.507 e. The first-order chi connectivity index (χ1) is 16.4. The van der Waals surface area contributed by atoms with Gasteiger partial charge in [-0.15, -0.1) is 0 Å². The van der Waals surface area contributed by atoms with Crippen molar-refractivity contribution < 1.29 is 19.4 Å². The van der Waals surface area contributed by atoms with E-state index in [1.54, 1.807) is 29.4 Å². The number of amides is 1. The Labute approximate surface area is 202 Å². The standard InChI is InChI=1S/C27H35N3O4/c1-4-5-6-7-19-34-22-11-9-20(10-12-22)24-23(25(31)21-13-15-28-16-14-21)26(32)27(33)30(24)18-8-17-29(2)3/h9-16,24,31H,4-8,17-19H2,1-3H3/b25-23+.